The summed E-state index contributed by atoms with van der Waals surface area (Å²) in [6.07, 6.45) is 1.41. The lowest BCUT2D eigenvalue weighted by molar-refractivity contribution is -0.138. The van der Waals surface area contributed by atoms with Crippen LogP contribution in [0.1, 0.15) is 18.9 Å². The number of hydrogen-bond acceptors (Lipinski definition) is 4. The van der Waals surface area contributed by atoms with Crippen LogP contribution in [-0.2, 0) is 20.8 Å². The zero-order valence-electron chi connectivity index (χ0n) is 14.4. The maximum atomic E-state index is 12.6. The van der Waals surface area contributed by atoms with Crippen molar-refractivity contribution in [2.24, 2.45) is 5.73 Å². The number of H-pyrrole nitrogens is 1. The summed E-state index contributed by atoms with van der Waals surface area (Å²) in [5.41, 5.74) is 7.26. The minimum Gasteiger partial charge on any atom is -0.391 e. The van der Waals surface area contributed by atoms with Gasteiger partial charge in [0.15, 0.2) is 0 Å². The van der Waals surface area contributed by atoms with Crippen LogP contribution in [0.4, 0.5) is 0 Å². The monoisotopic (exact) mass is 358 g/mol. The number of aromatic amines is 1. The van der Waals surface area contributed by atoms with Crippen LogP contribution in [0.2, 0.25) is 0 Å². The molecule has 3 rings (SSSR count). The number of benzene rings is 1. The van der Waals surface area contributed by atoms with Crippen LogP contribution >= 0.6 is 0 Å². The third-order valence-electron chi connectivity index (χ3n) is 4.75. The largest absolute Gasteiger partial charge is 0.391 e. The fraction of sp³-hybridized carbons (Fsp3) is 0.389. The first-order valence-corrected chi connectivity index (χ1v) is 8.46. The highest BCUT2D eigenvalue weighted by molar-refractivity contribution is 5.92. The maximum absolute atomic E-state index is 12.6. The second kappa shape index (κ2) is 7.17. The predicted molar refractivity (Wildman–Crippen MR) is 94.9 cm³/mol. The molecule has 2 aromatic rings. The van der Waals surface area contributed by atoms with Crippen LogP contribution < -0.4 is 11.1 Å². The molecule has 3 atom stereocenters. The van der Waals surface area contributed by atoms with Gasteiger partial charge in [-0.05, 0) is 11.6 Å². The molecule has 8 heteroatoms. The van der Waals surface area contributed by atoms with E-state index in [2.05, 4.69) is 10.3 Å². The number of hydrogen-bond donors (Lipinski definition) is 4. The van der Waals surface area contributed by atoms with Gasteiger partial charge in [-0.1, -0.05) is 18.2 Å². The Morgan fingerprint density at radius 2 is 2.12 bits per heavy atom. The van der Waals surface area contributed by atoms with Crippen LogP contribution in [0.15, 0.2) is 30.5 Å². The van der Waals surface area contributed by atoms with Crippen molar-refractivity contribution in [3.8, 4) is 0 Å². The third-order valence-corrected chi connectivity index (χ3v) is 4.75. The van der Waals surface area contributed by atoms with E-state index in [0.29, 0.717) is 0 Å². The number of carbonyl (C=O) groups is 3. The Kier molecular flexibility index (Phi) is 4.94. The van der Waals surface area contributed by atoms with E-state index in [9.17, 15) is 19.5 Å². The smallest absolute Gasteiger partial charge is 0.243 e. The van der Waals surface area contributed by atoms with Gasteiger partial charge in [0.1, 0.15) is 12.1 Å². The molecule has 2 heterocycles. The molecule has 1 aliphatic heterocycles. The number of para-hydroxylation sites is 1. The van der Waals surface area contributed by atoms with Gasteiger partial charge in [0.25, 0.3) is 0 Å². The molecule has 0 radical (unpaired) electrons. The molecular formula is C18H22N4O4. The number of fused-ring (bicyclic) bond motifs is 1. The molecular weight excluding hydrogens is 336 g/mol. The van der Waals surface area contributed by atoms with E-state index in [1.807, 2.05) is 24.3 Å². The molecule has 1 aromatic carbocycles. The Morgan fingerprint density at radius 1 is 1.38 bits per heavy atom. The molecule has 1 fully saturated rings. The van der Waals surface area contributed by atoms with Crippen LogP contribution in [0.5, 0.6) is 0 Å². The highest BCUT2D eigenvalue weighted by atomic mass is 16.3. The fourth-order valence-corrected chi connectivity index (χ4v) is 3.42. The molecule has 138 valence electrons. The maximum Gasteiger partial charge on any atom is 0.243 e. The topological polar surface area (TPSA) is 129 Å². The molecule has 3 amide bonds. The van der Waals surface area contributed by atoms with Crippen molar-refractivity contribution in [3.63, 3.8) is 0 Å². The van der Waals surface area contributed by atoms with E-state index in [1.165, 1.54) is 11.8 Å². The van der Waals surface area contributed by atoms with Gasteiger partial charge in [0.2, 0.25) is 17.7 Å². The van der Waals surface area contributed by atoms with Gasteiger partial charge >= 0.3 is 0 Å². The quantitative estimate of drug-likeness (QED) is 0.583. The summed E-state index contributed by atoms with van der Waals surface area (Å²) in [4.78, 5) is 40.5. The van der Waals surface area contributed by atoms with Crippen LogP contribution in [0.25, 0.3) is 10.9 Å². The lowest BCUT2D eigenvalue weighted by Crippen LogP contribution is -2.52. The van der Waals surface area contributed by atoms with E-state index >= 15 is 0 Å². The van der Waals surface area contributed by atoms with Gasteiger partial charge in [-0.15, -0.1) is 0 Å². The zero-order chi connectivity index (χ0) is 18.8. The van der Waals surface area contributed by atoms with Crippen LogP contribution in [-0.4, -0.2) is 57.4 Å². The number of aliphatic hydroxyl groups is 1. The molecule has 0 saturated carbocycles. The van der Waals surface area contributed by atoms with Gasteiger partial charge in [0, 0.05) is 43.4 Å². The average molecular weight is 358 g/mol. The Hall–Kier alpha value is -2.87. The van der Waals surface area contributed by atoms with E-state index in [4.69, 9.17) is 5.73 Å². The average Bonchev–Trinajstić information content (AvgIpc) is 3.18. The molecule has 1 aromatic heterocycles. The lowest BCUT2D eigenvalue weighted by atomic mass is 10.0. The summed E-state index contributed by atoms with van der Waals surface area (Å²) >= 11 is 0. The number of nitrogens with one attached hydrogen (secondary N) is 2. The molecule has 0 unspecified atom stereocenters. The molecule has 8 nitrogen and oxygen atoms in total. The first-order valence-electron chi connectivity index (χ1n) is 8.46. The molecule has 0 spiro atoms. The van der Waals surface area contributed by atoms with E-state index in [0.717, 1.165) is 16.5 Å². The first kappa shape index (κ1) is 17.9. The first-order chi connectivity index (χ1) is 12.4. The highest BCUT2D eigenvalue weighted by Gasteiger charge is 2.38. The molecule has 0 aliphatic carbocycles. The normalized spacial score (nSPS) is 20.9. The summed E-state index contributed by atoms with van der Waals surface area (Å²) in [5, 5.41) is 13.4. The number of likely N-dealkylation sites (tertiary alicyclic amines) is 1. The van der Waals surface area contributed by atoms with E-state index in [-0.39, 0.29) is 25.3 Å². The number of amides is 3. The van der Waals surface area contributed by atoms with Crippen molar-refractivity contribution in [2.45, 2.75) is 38.0 Å². The minimum atomic E-state index is -0.909. The number of nitrogens with two attached hydrogens (primary N) is 1. The van der Waals surface area contributed by atoms with Gasteiger partial charge in [-0.3, -0.25) is 14.4 Å². The summed E-state index contributed by atoms with van der Waals surface area (Å²) in [5.74, 6) is -1.44. The highest BCUT2D eigenvalue weighted by Crippen LogP contribution is 2.21. The Morgan fingerprint density at radius 3 is 2.81 bits per heavy atom. The number of nitrogens with zero attached hydrogens (tertiary/aromatic N) is 1. The number of carbonyl (C=O) groups excluding carboxylic acids is 3. The summed E-state index contributed by atoms with van der Waals surface area (Å²) in [6.45, 7) is 1.45. The zero-order valence-corrected chi connectivity index (χ0v) is 14.4. The second-order valence-corrected chi connectivity index (χ2v) is 6.60. The van der Waals surface area contributed by atoms with Crippen molar-refractivity contribution in [3.05, 3.63) is 36.0 Å². The molecule has 1 saturated heterocycles. The summed E-state index contributed by atoms with van der Waals surface area (Å²) < 4.78 is 0. The lowest BCUT2D eigenvalue weighted by Gasteiger charge is -2.24. The number of aromatic nitrogens is 1. The van der Waals surface area contributed by atoms with Gasteiger partial charge in [-0.25, -0.2) is 0 Å². The summed E-state index contributed by atoms with van der Waals surface area (Å²) in [7, 11) is 0. The number of primary amides is 1. The van der Waals surface area contributed by atoms with Crippen molar-refractivity contribution in [2.75, 3.05) is 6.54 Å². The molecule has 1 aliphatic rings. The number of β-amino-alcohol motifs (C(OH)–C–C–N with tert-alkyl or cyclic N) is 1. The van der Waals surface area contributed by atoms with Gasteiger partial charge in [-0.2, -0.15) is 0 Å². The second-order valence-electron chi connectivity index (χ2n) is 6.60. The molecule has 5 N–H and O–H groups in total. The standard InChI is InChI=1S/C18H22N4O4/c1-10(23)22-9-12(24)7-16(22)18(26)21-15(17(19)25)6-11-8-20-14-5-3-2-4-13(11)14/h2-5,8,12,15-16,20,24H,6-7,9H2,1H3,(H2,19,25)(H,21,26)/t12-,15-,16+/m1/s1. The Balaban J connectivity index is 1.75. The van der Waals surface area contributed by atoms with Crippen LogP contribution in [0, 0.1) is 0 Å². The van der Waals surface area contributed by atoms with Crippen molar-refractivity contribution in [1.82, 2.24) is 15.2 Å². The third kappa shape index (κ3) is 3.55. The number of rotatable bonds is 5. The Labute approximate surface area is 150 Å². The van der Waals surface area contributed by atoms with Gasteiger partial charge < -0.3 is 26.0 Å². The van der Waals surface area contributed by atoms with E-state index in [1.54, 1.807) is 6.20 Å². The van der Waals surface area contributed by atoms with Crippen molar-refractivity contribution >= 4 is 28.6 Å². The SMILES string of the molecule is CC(=O)N1C[C@H](O)C[C@H]1C(=O)N[C@H](Cc1c[nH]c2ccccc12)C(N)=O. The molecule has 26 heavy (non-hydrogen) atoms. The number of aliphatic hydroxyl groups excluding tert-OH is 1. The molecule has 0 bridgehead atoms. The Bertz CT molecular complexity index is 847. The van der Waals surface area contributed by atoms with Crippen LogP contribution in [0.3, 0.4) is 0 Å². The summed E-state index contributed by atoms with van der Waals surface area (Å²) in [6, 6.07) is 5.92. The van der Waals surface area contributed by atoms with Crippen molar-refractivity contribution < 1.29 is 19.5 Å². The predicted octanol–water partition coefficient (Wildman–Crippen LogP) is -0.338. The van der Waals surface area contributed by atoms with Gasteiger partial charge in [0.05, 0.1) is 6.10 Å². The van der Waals surface area contributed by atoms with Crippen molar-refractivity contribution in [1.29, 1.82) is 0 Å². The minimum absolute atomic E-state index is 0.108. The fourth-order valence-electron chi connectivity index (χ4n) is 3.42. The van der Waals surface area contributed by atoms with E-state index < -0.39 is 30.0 Å².